The number of hydrogen-bond acceptors (Lipinski definition) is 5. The second kappa shape index (κ2) is 8.91. The number of nitrogens with one attached hydrogen (secondary N) is 2. The molecule has 33 heavy (non-hydrogen) atoms. The van der Waals surface area contributed by atoms with Gasteiger partial charge in [-0.05, 0) is 42.5 Å². The summed E-state index contributed by atoms with van der Waals surface area (Å²) in [7, 11) is 0. The van der Waals surface area contributed by atoms with Crippen LogP contribution in [-0.2, 0) is 13.1 Å². The van der Waals surface area contributed by atoms with Crippen LogP contribution in [0.15, 0.2) is 70.1 Å². The predicted molar refractivity (Wildman–Crippen MR) is 124 cm³/mol. The van der Waals surface area contributed by atoms with Crippen LogP contribution in [0, 0.1) is 0 Å². The number of furan rings is 1. The Kier molecular flexibility index (Phi) is 5.66. The highest BCUT2D eigenvalue weighted by Crippen LogP contribution is 2.33. The zero-order valence-corrected chi connectivity index (χ0v) is 18.2. The van der Waals surface area contributed by atoms with Crippen molar-refractivity contribution in [1.82, 2.24) is 9.88 Å². The third kappa shape index (κ3) is 4.65. The van der Waals surface area contributed by atoms with Crippen molar-refractivity contribution in [3.63, 3.8) is 0 Å². The minimum atomic E-state index is -0.393. The van der Waals surface area contributed by atoms with Gasteiger partial charge in [0.05, 0.1) is 24.9 Å². The van der Waals surface area contributed by atoms with Crippen LogP contribution in [0.3, 0.4) is 0 Å². The van der Waals surface area contributed by atoms with Crippen molar-refractivity contribution in [2.75, 3.05) is 18.5 Å². The van der Waals surface area contributed by atoms with Crippen molar-refractivity contribution in [2.45, 2.75) is 13.1 Å². The first kappa shape index (κ1) is 21.0. The van der Waals surface area contributed by atoms with Crippen molar-refractivity contribution in [2.24, 2.45) is 0 Å². The number of aromatic amines is 1. The van der Waals surface area contributed by atoms with E-state index in [-0.39, 0.29) is 18.6 Å². The lowest BCUT2D eigenvalue weighted by molar-refractivity contribution is 0.172. The first-order valence-electron chi connectivity index (χ1n) is 10.3. The number of rotatable bonds is 5. The van der Waals surface area contributed by atoms with Gasteiger partial charge in [-0.15, -0.1) is 0 Å². The quantitative estimate of drug-likeness (QED) is 0.442. The number of anilines is 1. The minimum absolute atomic E-state index is 0.0623. The maximum Gasteiger partial charge on any atom is 0.322 e. The normalized spacial score (nSPS) is 12.5. The number of ether oxygens (including phenoxy) is 2. The molecule has 8 nitrogen and oxygen atoms in total. The van der Waals surface area contributed by atoms with Gasteiger partial charge in [-0.25, -0.2) is 4.79 Å². The third-order valence-electron chi connectivity index (χ3n) is 5.24. The molecule has 0 bridgehead atoms. The number of carbonyl (C=O) groups excluding carboxylic acids is 1. The van der Waals surface area contributed by atoms with E-state index < -0.39 is 6.03 Å². The number of fused-ring (bicyclic) bond motifs is 2. The van der Waals surface area contributed by atoms with Crippen molar-refractivity contribution in [3.8, 4) is 11.5 Å². The molecule has 0 unspecified atom stereocenters. The summed E-state index contributed by atoms with van der Waals surface area (Å²) in [6, 6.07) is 15.3. The zero-order valence-electron chi connectivity index (χ0n) is 17.5. The van der Waals surface area contributed by atoms with Gasteiger partial charge in [0.15, 0.2) is 11.5 Å². The summed E-state index contributed by atoms with van der Waals surface area (Å²) in [6.45, 7) is 1.17. The highest BCUT2D eigenvalue weighted by Gasteiger charge is 2.19. The number of carbonyl (C=O) groups is 1. The van der Waals surface area contributed by atoms with E-state index in [1.807, 2.05) is 6.07 Å². The first-order chi connectivity index (χ1) is 16.0. The SMILES string of the molecule is O=C(Nc1cccc(Cl)c1)N(Cc1ccco1)Cc1cc2cc3c(cc2[nH]c1=O)OCCO3. The van der Waals surface area contributed by atoms with E-state index in [2.05, 4.69) is 10.3 Å². The molecule has 5 rings (SSSR count). The maximum atomic E-state index is 13.1. The van der Waals surface area contributed by atoms with Crippen LogP contribution in [-0.4, -0.2) is 29.1 Å². The molecule has 1 aliphatic heterocycles. The van der Waals surface area contributed by atoms with Crippen molar-refractivity contribution in [1.29, 1.82) is 0 Å². The molecule has 2 aromatic heterocycles. The van der Waals surface area contributed by atoms with Crippen molar-refractivity contribution < 1.29 is 18.7 Å². The number of benzene rings is 2. The van der Waals surface area contributed by atoms with Gasteiger partial charge >= 0.3 is 6.03 Å². The van der Waals surface area contributed by atoms with Crippen LogP contribution in [0.2, 0.25) is 5.02 Å². The van der Waals surface area contributed by atoms with Crippen LogP contribution in [0.5, 0.6) is 11.5 Å². The van der Waals surface area contributed by atoms with E-state index in [1.165, 1.54) is 11.2 Å². The molecule has 168 valence electrons. The molecule has 3 heterocycles. The molecule has 2 amide bonds. The van der Waals surface area contributed by atoms with E-state index in [0.717, 1.165) is 5.39 Å². The number of urea groups is 1. The highest BCUT2D eigenvalue weighted by atomic mass is 35.5. The van der Waals surface area contributed by atoms with Crippen LogP contribution in [0.25, 0.3) is 10.9 Å². The summed E-state index contributed by atoms with van der Waals surface area (Å²) < 4.78 is 16.7. The molecule has 0 fully saturated rings. The largest absolute Gasteiger partial charge is 0.486 e. The standard InChI is InChI=1S/C24H20ClN3O5/c25-17-3-1-4-18(11-17)26-24(30)28(14-19-5-2-6-31-19)13-16-9-15-10-21-22(33-8-7-32-21)12-20(15)27-23(16)29/h1-6,9-12H,7-8,13-14H2,(H,26,30)(H,27,29). The predicted octanol–water partition coefficient (Wildman–Crippen LogP) is 4.78. The molecule has 0 saturated heterocycles. The Labute approximate surface area is 193 Å². The molecule has 4 aromatic rings. The fourth-order valence-electron chi connectivity index (χ4n) is 3.67. The molecule has 9 heteroatoms. The van der Waals surface area contributed by atoms with E-state index in [9.17, 15) is 9.59 Å². The van der Waals surface area contributed by atoms with Crippen molar-refractivity contribution in [3.05, 3.63) is 87.6 Å². The Morgan fingerprint density at radius 2 is 1.85 bits per heavy atom. The average molecular weight is 466 g/mol. The van der Waals surface area contributed by atoms with E-state index in [4.69, 9.17) is 25.5 Å². The number of hydrogen-bond donors (Lipinski definition) is 2. The summed E-state index contributed by atoms with van der Waals surface area (Å²) in [5.74, 6) is 1.81. The van der Waals surface area contributed by atoms with E-state index >= 15 is 0 Å². The second-order valence-electron chi connectivity index (χ2n) is 7.58. The lowest BCUT2D eigenvalue weighted by atomic mass is 10.1. The number of aromatic nitrogens is 1. The number of H-pyrrole nitrogens is 1. The van der Waals surface area contributed by atoms with Crippen LogP contribution >= 0.6 is 11.6 Å². The molecule has 2 N–H and O–H groups in total. The molecule has 1 aliphatic rings. The number of halogens is 1. The van der Waals surface area contributed by atoms with Gasteiger partial charge in [0.1, 0.15) is 19.0 Å². The Morgan fingerprint density at radius 3 is 2.61 bits per heavy atom. The van der Waals surface area contributed by atoms with E-state index in [0.29, 0.717) is 52.3 Å². The molecule has 0 aliphatic carbocycles. The summed E-state index contributed by atoms with van der Waals surface area (Å²) in [5, 5.41) is 4.11. The summed E-state index contributed by atoms with van der Waals surface area (Å²) in [6.07, 6.45) is 1.54. The van der Waals surface area contributed by atoms with Crippen LogP contribution in [0.4, 0.5) is 10.5 Å². The summed E-state index contributed by atoms with van der Waals surface area (Å²) >= 11 is 6.03. The average Bonchev–Trinajstić information content (AvgIpc) is 3.31. The van der Waals surface area contributed by atoms with Gasteiger partial charge in [0, 0.05) is 27.7 Å². The Morgan fingerprint density at radius 1 is 1.03 bits per heavy atom. The molecule has 0 atom stereocenters. The van der Waals surface area contributed by atoms with Gasteiger partial charge in [0.2, 0.25) is 0 Å². The number of nitrogens with zero attached hydrogens (tertiary/aromatic N) is 1. The lowest BCUT2D eigenvalue weighted by Gasteiger charge is -2.22. The number of pyridine rings is 1. The zero-order chi connectivity index (χ0) is 22.8. The lowest BCUT2D eigenvalue weighted by Crippen LogP contribution is -2.35. The Bertz CT molecular complexity index is 1370. The van der Waals surface area contributed by atoms with Crippen LogP contribution in [0.1, 0.15) is 11.3 Å². The van der Waals surface area contributed by atoms with Gasteiger partial charge < -0.3 is 29.1 Å². The highest BCUT2D eigenvalue weighted by molar-refractivity contribution is 6.30. The van der Waals surface area contributed by atoms with Crippen molar-refractivity contribution >= 4 is 34.2 Å². The monoisotopic (exact) mass is 465 g/mol. The first-order valence-corrected chi connectivity index (χ1v) is 10.7. The minimum Gasteiger partial charge on any atom is -0.486 e. The molecular formula is C24H20ClN3O5. The maximum absolute atomic E-state index is 13.1. The van der Waals surface area contributed by atoms with Gasteiger partial charge in [0.25, 0.3) is 5.56 Å². The molecule has 2 aromatic carbocycles. The topological polar surface area (TPSA) is 96.8 Å². The summed E-state index contributed by atoms with van der Waals surface area (Å²) in [4.78, 5) is 30.3. The molecular weight excluding hydrogens is 446 g/mol. The smallest absolute Gasteiger partial charge is 0.322 e. The molecule has 0 saturated carbocycles. The van der Waals surface area contributed by atoms with Gasteiger partial charge in [-0.3, -0.25) is 4.79 Å². The Hall–Kier alpha value is -3.91. The van der Waals surface area contributed by atoms with Gasteiger partial charge in [-0.2, -0.15) is 0 Å². The molecule has 0 radical (unpaired) electrons. The fourth-order valence-corrected chi connectivity index (χ4v) is 3.86. The fraction of sp³-hybridized carbons (Fsp3) is 0.167. The van der Waals surface area contributed by atoms with E-state index in [1.54, 1.807) is 48.5 Å². The second-order valence-corrected chi connectivity index (χ2v) is 8.02. The number of amides is 2. The van der Waals surface area contributed by atoms with Crippen LogP contribution < -0.4 is 20.3 Å². The molecule has 0 spiro atoms. The third-order valence-corrected chi connectivity index (χ3v) is 5.47. The van der Waals surface area contributed by atoms with Gasteiger partial charge in [-0.1, -0.05) is 17.7 Å². The Balaban J connectivity index is 1.45. The summed E-state index contributed by atoms with van der Waals surface area (Å²) in [5.41, 5.74) is 1.31.